The van der Waals surface area contributed by atoms with Gasteiger partial charge in [-0.05, 0) is 17.7 Å². The van der Waals surface area contributed by atoms with E-state index < -0.39 is 11.7 Å². The summed E-state index contributed by atoms with van der Waals surface area (Å²) < 4.78 is 0. The highest BCUT2D eigenvalue weighted by Crippen LogP contribution is 2.25. The van der Waals surface area contributed by atoms with Crippen LogP contribution < -0.4 is 16.4 Å². The van der Waals surface area contributed by atoms with Gasteiger partial charge in [0.05, 0.1) is 0 Å². The fraction of sp³-hybridized carbons (Fsp3) is 0.316. The van der Waals surface area contributed by atoms with E-state index in [0.29, 0.717) is 0 Å². The lowest BCUT2D eigenvalue weighted by molar-refractivity contribution is 0.149. The number of rotatable bonds is 5. The van der Waals surface area contributed by atoms with Gasteiger partial charge in [0.1, 0.15) is 5.66 Å². The first-order valence-electron chi connectivity index (χ1n) is 8.32. The number of para-hydroxylation sites is 1. The number of nitrogens with zero attached hydrogens (tertiary/aromatic N) is 1. The van der Waals surface area contributed by atoms with Crippen molar-refractivity contribution in [1.29, 1.82) is 0 Å². The van der Waals surface area contributed by atoms with E-state index in [1.54, 1.807) is 0 Å². The van der Waals surface area contributed by atoms with Gasteiger partial charge in [0, 0.05) is 38.2 Å². The van der Waals surface area contributed by atoms with Crippen molar-refractivity contribution in [3.05, 3.63) is 66.2 Å². The van der Waals surface area contributed by atoms with E-state index in [4.69, 9.17) is 5.73 Å². The summed E-state index contributed by atoms with van der Waals surface area (Å²) in [5.41, 5.74) is 7.23. The van der Waals surface area contributed by atoms with Gasteiger partial charge in [-0.3, -0.25) is 4.90 Å². The third-order valence-electron chi connectivity index (χ3n) is 4.48. The van der Waals surface area contributed by atoms with Gasteiger partial charge in [0.2, 0.25) is 0 Å². The first kappa shape index (κ1) is 16.3. The summed E-state index contributed by atoms with van der Waals surface area (Å²) in [7, 11) is 0. The van der Waals surface area contributed by atoms with Gasteiger partial charge in [-0.2, -0.15) is 0 Å². The molecule has 126 valence electrons. The van der Waals surface area contributed by atoms with Crippen LogP contribution in [-0.4, -0.2) is 29.7 Å². The molecule has 2 amide bonds. The fourth-order valence-electron chi connectivity index (χ4n) is 3.25. The van der Waals surface area contributed by atoms with Crippen LogP contribution in [0.5, 0.6) is 0 Å². The van der Waals surface area contributed by atoms with Crippen molar-refractivity contribution in [2.24, 2.45) is 5.73 Å². The molecular formula is C19H24N4O. The number of hydrogen-bond acceptors (Lipinski definition) is 3. The number of piperidine rings is 1. The maximum atomic E-state index is 11.5. The molecule has 0 atom stereocenters. The predicted octanol–water partition coefficient (Wildman–Crippen LogP) is 2.76. The molecule has 1 aliphatic heterocycles. The maximum Gasteiger partial charge on any atom is 0.313 e. The van der Waals surface area contributed by atoms with Gasteiger partial charge in [-0.1, -0.05) is 48.5 Å². The average Bonchev–Trinajstić information content (AvgIpc) is 2.58. The van der Waals surface area contributed by atoms with Crippen molar-refractivity contribution in [1.82, 2.24) is 10.2 Å². The molecule has 0 saturated carbocycles. The summed E-state index contributed by atoms with van der Waals surface area (Å²) >= 11 is 0. The van der Waals surface area contributed by atoms with Gasteiger partial charge >= 0.3 is 6.03 Å². The Labute approximate surface area is 142 Å². The number of likely N-dealkylation sites (tertiary alicyclic amines) is 1. The zero-order valence-electron chi connectivity index (χ0n) is 13.7. The highest BCUT2D eigenvalue weighted by Gasteiger charge is 2.35. The largest absolute Gasteiger partial charge is 0.363 e. The number of benzene rings is 2. The summed E-state index contributed by atoms with van der Waals surface area (Å²) in [5, 5.41) is 6.40. The lowest BCUT2D eigenvalue weighted by Crippen LogP contribution is -2.61. The zero-order chi connectivity index (χ0) is 16.8. The molecule has 1 saturated heterocycles. The third-order valence-corrected chi connectivity index (χ3v) is 4.48. The number of nitrogens with one attached hydrogen (secondary N) is 2. The van der Waals surface area contributed by atoms with Crippen LogP contribution >= 0.6 is 0 Å². The summed E-state index contributed by atoms with van der Waals surface area (Å²) in [4.78, 5) is 13.9. The summed E-state index contributed by atoms with van der Waals surface area (Å²) in [6, 6.07) is 19.9. The minimum Gasteiger partial charge on any atom is -0.363 e. The number of primary amides is 1. The second kappa shape index (κ2) is 7.36. The van der Waals surface area contributed by atoms with Crippen LogP contribution in [0.15, 0.2) is 60.7 Å². The number of amides is 2. The Morgan fingerprint density at radius 1 is 1.00 bits per heavy atom. The monoisotopic (exact) mass is 324 g/mol. The van der Waals surface area contributed by atoms with Crippen LogP contribution in [0.1, 0.15) is 18.4 Å². The lowest BCUT2D eigenvalue weighted by Gasteiger charge is -2.43. The molecule has 0 spiro atoms. The molecule has 1 fully saturated rings. The molecule has 4 N–H and O–H groups in total. The number of carbonyl (C=O) groups is 1. The summed E-state index contributed by atoms with van der Waals surface area (Å²) in [6.45, 7) is 2.73. The van der Waals surface area contributed by atoms with Crippen LogP contribution in [0.4, 0.5) is 10.5 Å². The normalized spacial score (nSPS) is 17.2. The number of nitrogens with two attached hydrogens (primary N) is 1. The van der Waals surface area contributed by atoms with Crippen molar-refractivity contribution in [3.63, 3.8) is 0 Å². The molecule has 0 radical (unpaired) electrons. The van der Waals surface area contributed by atoms with E-state index in [-0.39, 0.29) is 0 Å². The second-order valence-electron chi connectivity index (χ2n) is 6.32. The smallest absolute Gasteiger partial charge is 0.313 e. The van der Waals surface area contributed by atoms with Crippen molar-refractivity contribution in [2.75, 3.05) is 18.4 Å². The molecule has 0 bridgehead atoms. The zero-order valence-corrected chi connectivity index (χ0v) is 13.7. The van der Waals surface area contributed by atoms with E-state index in [1.165, 1.54) is 5.56 Å². The Bertz CT molecular complexity index is 652. The maximum absolute atomic E-state index is 11.5. The highest BCUT2D eigenvalue weighted by molar-refractivity contribution is 5.73. The van der Waals surface area contributed by atoms with E-state index >= 15 is 0 Å². The van der Waals surface area contributed by atoms with Crippen LogP contribution in [0.25, 0.3) is 0 Å². The Kier molecular flexibility index (Phi) is 5.01. The van der Waals surface area contributed by atoms with Gasteiger partial charge in [-0.25, -0.2) is 4.79 Å². The molecule has 5 nitrogen and oxygen atoms in total. The van der Waals surface area contributed by atoms with Crippen LogP contribution in [0.3, 0.4) is 0 Å². The SMILES string of the molecule is NC(=O)NC1(Nc2ccccc2)CCN(Cc2ccccc2)CC1. The third kappa shape index (κ3) is 4.26. The predicted molar refractivity (Wildman–Crippen MR) is 96.5 cm³/mol. The number of hydrogen-bond donors (Lipinski definition) is 3. The van der Waals surface area contributed by atoms with Gasteiger partial charge < -0.3 is 16.4 Å². The van der Waals surface area contributed by atoms with Gasteiger partial charge in [0.15, 0.2) is 0 Å². The summed E-state index contributed by atoms with van der Waals surface area (Å²) in [6.07, 6.45) is 1.61. The lowest BCUT2D eigenvalue weighted by atomic mass is 9.95. The molecule has 2 aromatic rings. The Morgan fingerprint density at radius 3 is 2.17 bits per heavy atom. The van der Waals surface area contributed by atoms with E-state index in [0.717, 1.165) is 38.2 Å². The van der Waals surface area contributed by atoms with Crippen molar-refractivity contribution in [3.8, 4) is 0 Å². The van der Waals surface area contributed by atoms with Gasteiger partial charge in [-0.15, -0.1) is 0 Å². The number of urea groups is 1. The molecule has 0 unspecified atom stereocenters. The molecule has 3 rings (SSSR count). The van der Waals surface area contributed by atoms with Crippen molar-refractivity contribution in [2.45, 2.75) is 25.0 Å². The second-order valence-corrected chi connectivity index (χ2v) is 6.32. The molecule has 1 aliphatic rings. The topological polar surface area (TPSA) is 70.4 Å². The van der Waals surface area contributed by atoms with Crippen LogP contribution in [-0.2, 0) is 6.54 Å². The number of anilines is 1. The average molecular weight is 324 g/mol. The molecule has 5 heteroatoms. The fourth-order valence-corrected chi connectivity index (χ4v) is 3.25. The van der Waals surface area contributed by atoms with Crippen LogP contribution in [0, 0.1) is 0 Å². The molecule has 0 aromatic heterocycles. The van der Waals surface area contributed by atoms with E-state index in [2.05, 4.69) is 39.8 Å². The number of carbonyl (C=O) groups excluding carboxylic acids is 1. The Hall–Kier alpha value is -2.53. The first-order chi connectivity index (χ1) is 11.7. The molecule has 1 heterocycles. The molecule has 2 aromatic carbocycles. The Morgan fingerprint density at radius 2 is 1.58 bits per heavy atom. The van der Waals surface area contributed by atoms with Crippen molar-refractivity contribution >= 4 is 11.7 Å². The van der Waals surface area contributed by atoms with Crippen molar-refractivity contribution < 1.29 is 4.79 Å². The summed E-state index contributed by atoms with van der Waals surface area (Å²) in [5.74, 6) is 0. The van der Waals surface area contributed by atoms with Crippen LogP contribution in [0.2, 0.25) is 0 Å². The van der Waals surface area contributed by atoms with E-state index in [9.17, 15) is 4.79 Å². The van der Waals surface area contributed by atoms with E-state index in [1.807, 2.05) is 36.4 Å². The first-order valence-corrected chi connectivity index (χ1v) is 8.32. The highest BCUT2D eigenvalue weighted by atomic mass is 16.2. The molecule has 0 aliphatic carbocycles. The van der Waals surface area contributed by atoms with Gasteiger partial charge in [0.25, 0.3) is 0 Å². The Balaban J connectivity index is 1.65. The minimum atomic E-state index is -0.491. The standard InChI is InChI=1S/C19H24N4O/c20-18(24)22-19(21-17-9-5-2-6-10-17)11-13-23(14-12-19)15-16-7-3-1-4-8-16/h1-10,21H,11-15H2,(H3,20,22,24). The minimum absolute atomic E-state index is 0.486. The molecular weight excluding hydrogens is 300 g/mol. The molecule has 24 heavy (non-hydrogen) atoms. The quantitative estimate of drug-likeness (QED) is 0.741.